The smallest absolute Gasteiger partial charge is 0.339 e. The highest BCUT2D eigenvalue weighted by Crippen LogP contribution is 2.53. The Balaban J connectivity index is 1.72. The van der Waals surface area contributed by atoms with Gasteiger partial charge in [-0.3, -0.25) is 0 Å². The van der Waals surface area contributed by atoms with Gasteiger partial charge in [0.2, 0.25) is 0 Å². The van der Waals surface area contributed by atoms with Crippen LogP contribution in [0.3, 0.4) is 0 Å². The maximum absolute atomic E-state index is 11.5. The topological polar surface area (TPSA) is 65.0 Å². The quantitative estimate of drug-likeness (QED) is 0.256. The molecule has 1 saturated carbocycles. The van der Waals surface area contributed by atoms with Gasteiger partial charge in [0.25, 0.3) is 0 Å². The van der Waals surface area contributed by atoms with Crippen molar-refractivity contribution in [1.82, 2.24) is 0 Å². The Kier molecular flexibility index (Phi) is 7.30. The maximum Gasteiger partial charge on any atom is 0.339 e. The zero-order chi connectivity index (χ0) is 21.9. The average Bonchev–Trinajstić information content (AvgIpc) is 3.30. The van der Waals surface area contributed by atoms with Crippen molar-refractivity contribution < 1.29 is 24.1 Å². The zero-order valence-corrected chi connectivity index (χ0v) is 18.9. The van der Waals surface area contributed by atoms with E-state index in [1.165, 1.54) is 13.4 Å². The van der Waals surface area contributed by atoms with Gasteiger partial charge in [-0.15, -0.1) is 23.2 Å². The van der Waals surface area contributed by atoms with E-state index >= 15 is 0 Å². The van der Waals surface area contributed by atoms with Crippen LogP contribution in [0.2, 0.25) is 10.0 Å². The fraction of sp³-hybridized carbons (Fsp3) is 0.286. The molecule has 0 radical (unpaired) electrons. The van der Waals surface area contributed by atoms with Crippen molar-refractivity contribution >= 4 is 57.9 Å². The van der Waals surface area contributed by atoms with E-state index in [2.05, 4.69) is 0 Å². The number of rotatable bonds is 9. The molecule has 0 aromatic heterocycles. The molecule has 0 amide bonds. The van der Waals surface area contributed by atoms with Gasteiger partial charge in [0, 0.05) is 18.1 Å². The van der Waals surface area contributed by atoms with Gasteiger partial charge in [-0.05, 0) is 17.5 Å². The SMILES string of the molecule is CO/C=C(/C(=O)O)c1ccccc1COc1cc(Cl)c(OCC2CC2(Cl)Cl)c(Cl)c1. The molecule has 9 heteroatoms. The molecule has 0 bridgehead atoms. The third-order valence-corrected chi connectivity index (χ3v) is 6.01. The summed E-state index contributed by atoms with van der Waals surface area (Å²) in [5.74, 6) is -0.331. The van der Waals surface area contributed by atoms with E-state index in [0.29, 0.717) is 35.7 Å². The average molecular weight is 492 g/mol. The van der Waals surface area contributed by atoms with Crippen LogP contribution in [0.15, 0.2) is 42.7 Å². The molecular weight excluding hydrogens is 474 g/mol. The molecule has 30 heavy (non-hydrogen) atoms. The number of halogens is 4. The Morgan fingerprint density at radius 3 is 2.40 bits per heavy atom. The van der Waals surface area contributed by atoms with E-state index in [1.807, 2.05) is 0 Å². The van der Waals surface area contributed by atoms with Gasteiger partial charge in [-0.2, -0.15) is 0 Å². The largest absolute Gasteiger partial charge is 0.503 e. The van der Waals surface area contributed by atoms with Crippen LogP contribution in [0.25, 0.3) is 5.57 Å². The molecule has 0 saturated heterocycles. The van der Waals surface area contributed by atoms with Crippen molar-refractivity contribution in [3.8, 4) is 11.5 Å². The van der Waals surface area contributed by atoms with Gasteiger partial charge < -0.3 is 19.3 Å². The molecule has 1 aliphatic rings. The highest BCUT2D eigenvalue weighted by molar-refractivity contribution is 6.50. The lowest BCUT2D eigenvalue weighted by Crippen LogP contribution is -2.06. The number of methoxy groups -OCH3 is 1. The highest BCUT2D eigenvalue weighted by Gasteiger charge is 2.52. The number of hydrogen-bond donors (Lipinski definition) is 1. The standard InChI is InChI=1S/C21H18Cl4O5/c1-28-11-16(20(26)27)15-5-3-2-4-12(15)9-29-14-6-17(22)19(18(23)7-14)30-10-13-8-21(13,24)25/h2-7,11,13H,8-10H2,1H3,(H,26,27)/b16-11+. The number of alkyl halides is 2. The molecule has 5 nitrogen and oxygen atoms in total. The molecule has 160 valence electrons. The van der Waals surface area contributed by atoms with Crippen LogP contribution in [0.1, 0.15) is 17.5 Å². The van der Waals surface area contributed by atoms with E-state index in [0.717, 1.165) is 0 Å². The van der Waals surface area contributed by atoms with Crippen LogP contribution in [-0.2, 0) is 16.1 Å². The minimum Gasteiger partial charge on any atom is -0.503 e. The number of ether oxygens (including phenoxy) is 3. The zero-order valence-electron chi connectivity index (χ0n) is 15.8. The van der Waals surface area contributed by atoms with Gasteiger partial charge in [0.1, 0.15) is 22.3 Å². The Morgan fingerprint density at radius 2 is 1.83 bits per heavy atom. The van der Waals surface area contributed by atoms with Crippen LogP contribution < -0.4 is 9.47 Å². The molecule has 3 rings (SSSR count). The molecule has 2 aromatic rings. The molecule has 1 fully saturated rings. The maximum atomic E-state index is 11.5. The number of benzene rings is 2. The monoisotopic (exact) mass is 490 g/mol. The third-order valence-electron chi connectivity index (χ3n) is 4.52. The Bertz CT molecular complexity index is 951. The van der Waals surface area contributed by atoms with Gasteiger partial charge in [-0.25, -0.2) is 4.79 Å². The molecular formula is C21H18Cl4O5. The summed E-state index contributed by atoms with van der Waals surface area (Å²) in [4.78, 5) is 11.5. The number of carbonyl (C=O) groups is 1. The molecule has 1 N–H and O–H groups in total. The minimum atomic E-state index is -1.11. The fourth-order valence-electron chi connectivity index (χ4n) is 2.81. The Hall–Kier alpha value is -1.79. The van der Waals surface area contributed by atoms with Gasteiger partial charge >= 0.3 is 5.97 Å². The molecule has 2 aromatic carbocycles. The second kappa shape index (κ2) is 9.56. The second-order valence-corrected chi connectivity index (χ2v) is 9.06. The highest BCUT2D eigenvalue weighted by atomic mass is 35.5. The number of carboxylic acids is 1. The minimum absolute atomic E-state index is 0.0197. The first-order valence-electron chi connectivity index (χ1n) is 8.90. The predicted octanol–water partition coefficient (Wildman–Crippen LogP) is 6.22. The summed E-state index contributed by atoms with van der Waals surface area (Å²) in [6, 6.07) is 10.1. The first kappa shape index (κ1) is 22.9. The first-order valence-corrected chi connectivity index (χ1v) is 10.4. The molecule has 0 heterocycles. The molecule has 0 aliphatic heterocycles. The Morgan fingerprint density at radius 1 is 1.20 bits per heavy atom. The summed E-state index contributed by atoms with van der Waals surface area (Å²) in [5, 5.41) is 10.0. The van der Waals surface area contributed by atoms with E-state index in [1.54, 1.807) is 36.4 Å². The molecule has 1 aliphatic carbocycles. The lowest BCUT2D eigenvalue weighted by molar-refractivity contribution is -0.130. The van der Waals surface area contributed by atoms with E-state index in [9.17, 15) is 9.90 Å². The van der Waals surface area contributed by atoms with Gasteiger partial charge in [0.05, 0.1) is 30.0 Å². The summed E-state index contributed by atoms with van der Waals surface area (Å²) < 4.78 is 15.6. The lowest BCUT2D eigenvalue weighted by atomic mass is 10.0. The number of hydrogen-bond acceptors (Lipinski definition) is 4. The summed E-state index contributed by atoms with van der Waals surface area (Å²) >= 11 is 24.6. The van der Waals surface area contributed by atoms with Gasteiger partial charge in [-0.1, -0.05) is 47.5 Å². The normalized spacial score (nSPS) is 17.4. The van der Waals surface area contributed by atoms with Crippen LogP contribution in [0.5, 0.6) is 11.5 Å². The van der Waals surface area contributed by atoms with E-state index in [-0.39, 0.29) is 28.1 Å². The van der Waals surface area contributed by atoms with E-state index < -0.39 is 10.3 Å². The van der Waals surface area contributed by atoms with Crippen LogP contribution in [-0.4, -0.2) is 29.1 Å². The van der Waals surface area contributed by atoms with Crippen molar-refractivity contribution in [1.29, 1.82) is 0 Å². The second-order valence-electron chi connectivity index (χ2n) is 6.71. The van der Waals surface area contributed by atoms with Gasteiger partial charge in [0.15, 0.2) is 5.75 Å². The summed E-state index contributed by atoms with van der Waals surface area (Å²) in [6.07, 6.45) is 1.83. The van der Waals surface area contributed by atoms with Crippen LogP contribution in [0, 0.1) is 5.92 Å². The van der Waals surface area contributed by atoms with Crippen molar-refractivity contribution in [2.45, 2.75) is 17.4 Å². The summed E-state index contributed by atoms with van der Waals surface area (Å²) in [6.45, 7) is 0.407. The first-order chi connectivity index (χ1) is 14.2. The molecule has 0 spiro atoms. The van der Waals surface area contributed by atoms with Crippen molar-refractivity contribution in [3.63, 3.8) is 0 Å². The molecule has 1 unspecified atom stereocenters. The predicted molar refractivity (Wildman–Crippen MR) is 118 cm³/mol. The molecule has 1 atom stereocenters. The van der Waals surface area contributed by atoms with Crippen LogP contribution >= 0.6 is 46.4 Å². The number of carboxylic acid groups (broad SMARTS) is 1. The van der Waals surface area contributed by atoms with Crippen molar-refractivity contribution in [2.75, 3.05) is 13.7 Å². The van der Waals surface area contributed by atoms with Crippen LogP contribution in [0.4, 0.5) is 0 Å². The summed E-state index contributed by atoms with van der Waals surface area (Å²) in [5.41, 5.74) is 1.16. The lowest BCUT2D eigenvalue weighted by Gasteiger charge is -2.14. The third kappa shape index (κ3) is 5.46. The summed E-state index contributed by atoms with van der Waals surface area (Å²) in [7, 11) is 1.39. The van der Waals surface area contributed by atoms with Crippen molar-refractivity contribution in [3.05, 3.63) is 63.8 Å². The Labute approximate surface area is 194 Å². The van der Waals surface area contributed by atoms with E-state index in [4.69, 9.17) is 60.6 Å². The fourth-order valence-corrected chi connectivity index (χ4v) is 3.88. The number of aliphatic carboxylic acids is 1. The van der Waals surface area contributed by atoms with Crippen molar-refractivity contribution in [2.24, 2.45) is 5.92 Å².